The van der Waals surface area contributed by atoms with Gasteiger partial charge in [0.1, 0.15) is 0 Å². The molecule has 0 unspecified atom stereocenters. The Kier molecular flexibility index (Phi) is 13.7. The van der Waals surface area contributed by atoms with Gasteiger partial charge in [-0.05, 0) is 12.3 Å². The quantitative estimate of drug-likeness (QED) is 0.189. The number of aliphatic carboxylic acids is 1. The maximum Gasteiger partial charge on any atom is 1.00 e. The molecular formula is C8H14NNaO5. The van der Waals surface area contributed by atoms with Crippen molar-refractivity contribution in [2.24, 2.45) is 4.99 Å². The number of carbonyl (C=O) groups is 1. The van der Waals surface area contributed by atoms with E-state index in [4.69, 9.17) is 14.9 Å². The molecule has 0 aliphatic heterocycles. The van der Waals surface area contributed by atoms with Crippen LogP contribution in [0, 0.1) is 0 Å². The van der Waals surface area contributed by atoms with E-state index in [0.717, 1.165) is 0 Å². The van der Waals surface area contributed by atoms with Crippen LogP contribution < -0.4 is 34.7 Å². The van der Waals surface area contributed by atoms with Crippen molar-refractivity contribution in [3.05, 3.63) is 0 Å². The van der Waals surface area contributed by atoms with Crippen molar-refractivity contribution < 1.29 is 54.4 Å². The predicted molar refractivity (Wildman–Crippen MR) is 47.1 cm³/mol. The Morgan fingerprint density at radius 2 is 2.00 bits per heavy atom. The molecule has 2 N–H and O–H groups in total. The van der Waals surface area contributed by atoms with Crippen molar-refractivity contribution in [2.45, 2.75) is 12.8 Å². The summed E-state index contributed by atoms with van der Waals surface area (Å²) >= 11 is 0. The van der Waals surface area contributed by atoms with Gasteiger partial charge in [0.15, 0.2) is 0 Å². The summed E-state index contributed by atoms with van der Waals surface area (Å²) in [7, 11) is 0. The van der Waals surface area contributed by atoms with E-state index in [9.17, 15) is 9.90 Å². The zero-order valence-electron chi connectivity index (χ0n) is 8.81. The molecule has 0 fully saturated rings. The fourth-order valence-electron chi connectivity index (χ4n) is 0.694. The molecular weight excluding hydrogens is 213 g/mol. The van der Waals surface area contributed by atoms with E-state index in [1.807, 2.05) is 0 Å². The molecule has 0 spiro atoms. The SMILES string of the molecule is O=C(O)CCC([O-])=NCCOCCO.[Na+]. The van der Waals surface area contributed by atoms with Crippen LogP contribution in [0.25, 0.3) is 0 Å². The Hall–Kier alpha value is -0.140. The molecule has 0 aromatic rings. The molecule has 15 heavy (non-hydrogen) atoms. The van der Waals surface area contributed by atoms with Crippen molar-refractivity contribution in [3.8, 4) is 0 Å². The third kappa shape index (κ3) is 13.9. The number of aliphatic imine (C=N–C) groups is 1. The number of ether oxygens (including phenoxy) is 1. The second-order valence-corrected chi connectivity index (χ2v) is 2.51. The first-order valence-electron chi connectivity index (χ1n) is 4.27. The maximum atomic E-state index is 10.8. The first-order valence-corrected chi connectivity index (χ1v) is 4.27. The Labute approximate surface area is 110 Å². The monoisotopic (exact) mass is 227 g/mol. The molecule has 82 valence electrons. The van der Waals surface area contributed by atoms with Crippen molar-refractivity contribution in [2.75, 3.05) is 26.4 Å². The molecule has 0 amide bonds. The summed E-state index contributed by atoms with van der Waals surface area (Å²) in [5.41, 5.74) is 0. The Morgan fingerprint density at radius 1 is 1.33 bits per heavy atom. The van der Waals surface area contributed by atoms with Crippen LogP contribution in [0.2, 0.25) is 0 Å². The minimum Gasteiger partial charge on any atom is -0.862 e. The van der Waals surface area contributed by atoms with Gasteiger partial charge >= 0.3 is 35.5 Å². The molecule has 0 aromatic carbocycles. The van der Waals surface area contributed by atoms with E-state index in [1.165, 1.54) is 0 Å². The number of hydrogen-bond donors (Lipinski definition) is 2. The third-order valence-electron chi connectivity index (χ3n) is 1.31. The van der Waals surface area contributed by atoms with Crippen molar-refractivity contribution >= 4 is 11.9 Å². The molecule has 0 aliphatic rings. The molecule has 0 saturated carbocycles. The molecule has 0 bridgehead atoms. The van der Waals surface area contributed by atoms with Crippen LogP contribution in [0.5, 0.6) is 0 Å². The molecule has 7 heteroatoms. The summed E-state index contributed by atoms with van der Waals surface area (Å²) < 4.78 is 4.85. The smallest absolute Gasteiger partial charge is 0.862 e. The number of rotatable bonds is 8. The molecule has 0 aromatic heterocycles. The number of aliphatic hydroxyl groups excluding tert-OH is 1. The largest absolute Gasteiger partial charge is 1.00 e. The molecule has 0 heterocycles. The van der Waals surface area contributed by atoms with Gasteiger partial charge in [-0.2, -0.15) is 0 Å². The average molecular weight is 227 g/mol. The van der Waals surface area contributed by atoms with Gasteiger partial charge in [-0.15, -0.1) is 0 Å². The number of hydrogen-bond acceptors (Lipinski definition) is 5. The van der Waals surface area contributed by atoms with Crippen molar-refractivity contribution in [1.82, 2.24) is 0 Å². The van der Waals surface area contributed by atoms with Crippen LogP contribution in [0.3, 0.4) is 0 Å². The summed E-state index contributed by atoms with van der Waals surface area (Å²) in [4.78, 5) is 13.6. The van der Waals surface area contributed by atoms with Crippen LogP contribution in [0.4, 0.5) is 0 Å². The zero-order valence-corrected chi connectivity index (χ0v) is 10.8. The van der Waals surface area contributed by atoms with Gasteiger partial charge in [-0.3, -0.25) is 4.79 Å². The standard InChI is InChI=1S/C8H15NO5.Na/c10-4-6-14-5-3-9-7(11)1-2-8(12)13;/h10H,1-6H2,(H,9,11)(H,12,13);/q;+1/p-1. The van der Waals surface area contributed by atoms with Gasteiger partial charge in [-0.25, -0.2) is 0 Å². The number of aliphatic hydroxyl groups is 1. The molecule has 0 saturated heterocycles. The second-order valence-electron chi connectivity index (χ2n) is 2.51. The van der Waals surface area contributed by atoms with E-state index < -0.39 is 11.9 Å². The predicted octanol–water partition coefficient (Wildman–Crippen LogP) is -4.38. The molecule has 0 atom stereocenters. The normalized spacial score (nSPS) is 10.9. The van der Waals surface area contributed by atoms with E-state index in [0.29, 0.717) is 0 Å². The van der Waals surface area contributed by atoms with Crippen LogP contribution in [-0.2, 0) is 9.53 Å². The first-order chi connectivity index (χ1) is 6.66. The van der Waals surface area contributed by atoms with Crippen LogP contribution in [-0.4, -0.2) is 48.4 Å². The van der Waals surface area contributed by atoms with E-state index in [2.05, 4.69) is 4.99 Å². The maximum absolute atomic E-state index is 10.8. The van der Waals surface area contributed by atoms with Gasteiger partial charge in [0.25, 0.3) is 0 Å². The van der Waals surface area contributed by atoms with E-state index in [1.54, 1.807) is 0 Å². The Morgan fingerprint density at radius 3 is 2.53 bits per heavy atom. The second kappa shape index (κ2) is 11.9. The fourth-order valence-corrected chi connectivity index (χ4v) is 0.694. The summed E-state index contributed by atoms with van der Waals surface area (Å²) in [6.45, 7) is 0.629. The summed E-state index contributed by atoms with van der Waals surface area (Å²) in [5, 5.41) is 27.4. The molecule has 6 nitrogen and oxygen atoms in total. The van der Waals surface area contributed by atoms with Crippen molar-refractivity contribution in [3.63, 3.8) is 0 Å². The minimum atomic E-state index is -1.01. The van der Waals surface area contributed by atoms with Crippen molar-refractivity contribution in [1.29, 1.82) is 0 Å². The van der Waals surface area contributed by atoms with Crippen LogP contribution in [0.15, 0.2) is 4.99 Å². The molecule has 0 radical (unpaired) electrons. The summed E-state index contributed by atoms with van der Waals surface area (Å²) in [6, 6.07) is 0. The molecule has 0 rings (SSSR count). The summed E-state index contributed by atoms with van der Waals surface area (Å²) in [5.74, 6) is -1.44. The third-order valence-corrected chi connectivity index (χ3v) is 1.31. The van der Waals surface area contributed by atoms with Crippen LogP contribution in [0.1, 0.15) is 12.8 Å². The van der Waals surface area contributed by atoms with Crippen LogP contribution >= 0.6 is 0 Å². The number of carboxylic acids is 1. The van der Waals surface area contributed by atoms with Gasteiger partial charge in [0.05, 0.1) is 26.4 Å². The minimum absolute atomic E-state index is 0. The average Bonchev–Trinajstić information content (AvgIpc) is 2.14. The van der Waals surface area contributed by atoms with Gasteiger partial charge in [0.2, 0.25) is 0 Å². The summed E-state index contributed by atoms with van der Waals surface area (Å²) in [6.07, 6.45) is -0.269. The van der Waals surface area contributed by atoms with E-state index >= 15 is 0 Å². The number of nitrogens with zero attached hydrogens (tertiary/aromatic N) is 1. The van der Waals surface area contributed by atoms with E-state index in [-0.39, 0.29) is 68.8 Å². The van der Waals surface area contributed by atoms with Gasteiger partial charge in [-0.1, -0.05) is 0 Å². The van der Waals surface area contributed by atoms with Gasteiger partial charge < -0.3 is 25.0 Å². The fraction of sp³-hybridized carbons (Fsp3) is 0.750. The molecule has 0 aliphatic carbocycles. The Bertz CT molecular complexity index is 197. The first kappa shape index (κ1) is 17.3. The topological polar surface area (TPSA) is 102 Å². The van der Waals surface area contributed by atoms with Gasteiger partial charge in [0, 0.05) is 6.42 Å². The zero-order chi connectivity index (χ0) is 10.8. The number of carboxylic acid groups (broad SMARTS) is 1. The Balaban J connectivity index is 0.